The lowest BCUT2D eigenvalue weighted by Crippen LogP contribution is -2.36. The Morgan fingerprint density at radius 3 is 2.60 bits per heavy atom. The molecule has 2 aliphatic heterocycles. The van der Waals surface area contributed by atoms with E-state index >= 15 is 0 Å². The maximum absolute atomic E-state index is 12.4. The average Bonchev–Trinajstić information content (AvgIpc) is 3.15. The van der Waals surface area contributed by atoms with Crippen LogP contribution in [0.2, 0.25) is 0 Å². The molecule has 0 aromatic heterocycles. The molecule has 2 aromatic carbocycles. The third-order valence-corrected chi connectivity index (χ3v) is 4.67. The molecule has 4 nitrogen and oxygen atoms in total. The second kappa shape index (κ2) is 7.11. The minimum Gasteiger partial charge on any atom is -0.493 e. The average molecular weight is 335 g/mol. The van der Waals surface area contributed by atoms with Gasteiger partial charge in [-0.2, -0.15) is 0 Å². The van der Waals surface area contributed by atoms with E-state index < -0.39 is 0 Å². The van der Waals surface area contributed by atoms with Crippen molar-refractivity contribution >= 4 is 17.5 Å². The largest absolute Gasteiger partial charge is 0.493 e. The van der Waals surface area contributed by atoms with Gasteiger partial charge in [-0.1, -0.05) is 18.2 Å². The molecule has 0 amide bonds. The van der Waals surface area contributed by atoms with Gasteiger partial charge in [-0.15, -0.1) is 0 Å². The molecule has 0 bridgehead atoms. The number of rotatable bonds is 4. The van der Waals surface area contributed by atoms with Gasteiger partial charge >= 0.3 is 0 Å². The molecule has 25 heavy (non-hydrogen) atoms. The summed E-state index contributed by atoms with van der Waals surface area (Å²) in [4.78, 5) is 14.7. The summed E-state index contributed by atoms with van der Waals surface area (Å²) in [7, 11) is 0. The Bertz CT molecular complexity index is 789. The summed E-state index contributed by atoms with van der Waals surface area (Å²) >= 11 is 0. The minimum absolute atomic E-state index is 0.0203. The zero-order valence-electron chi connectivity index (χ0n) is 14.1. The number of ketones is 1. The highest BCUT2D eigenvalue weighted by Crippen LogP contribution is 2.26. The van der Waals surface area contributed by atoms with Gasteiger partial charge in [0.05, 0.1) is 19.8 Å². The molecule has 4 heteroatoms. The Hall–Kier alpha value is -2.59. The number of nitrogens with zero attached hydrogens (tertiary/aromatic N) is 1. The van der Waals surface area contributed by atoms with E-state index in [-0.39, 0.29) is 5.78 Å². The van der Waals surface area contributed by atoms with Gasteiger partial charge in [0.25, 0.3) is 0 Å². The maximum Gasteiger partial charge on any atom is 0.185 e. The normalized spacial score (nSPS) is 16.7. The zero-order chi connectivity index (χ0) is 17.1. The van der Waals surface area contributed by atoms with Crippen LogP contribution in [-0.4, -0.2) is 38.7 Å². The lowest BCUT2D eigenvalue weighted by atomic mass is 10.0. The molecule has 0 saturated carbocycles. The van der Waals surface area contributed by atoms with Crippen molar-refractivity contribution in [2.75, 3.05) is 37.8 Å². The fraction of sp³-hybridized carbons (Fsp3) is 0.286. The van der Waals surface area contributed by atoms with Crippen molar-refractivity contribution in [3.05, 3.63) is 65.2 Å². The van der Waals surface area contributed by atoms with E-state index in [4.69, 9.17) is 9.47 Å². The predicted octanol–water partition coefficient (Wildman–Crippen LogP) is 3.35. The smallest absolute Gasteiger partial charge is 0.185 e. The summed E-state index contributed by atoms with van der Waals surface area (Å²) in [5.74, 6) is 0.922. The van der Waals surface area contributed by atoms with Crippen LogP contribution in [0.5, 0.6) is 5.75 Å². The number of hydrogen-bond acceptors (Lipinski definition) is 4. The van der Waals surface area contributed by atoms with Crippen LogP contribution in [0.15, 0.2) is 48.5 Å². The molecule has 0 N–H and O–H groups in total. The molecule has 0 atom stereocenters. The lowest BCUT2D eigenvalue weighted by Gasteiger charge is -2.28. The van der Waals surface area contributed by atoms with Gasteiger partial charge in [0.15, 0.2) is 5.78 Å². The third kappa shape index (κ3) is 3.59. The molecule has 128 valence electrons. The Labute approximate surface area is 147 Å². The number of anilines is 1. The monoisotopic (exact) mass is 335 g/mol. The SMILES string of the molecule is O=C(/C=C/c1ccc(N2CCOCC2)cc1)c1ccc2c(c1)CCO2. The van der Waals surface area contributed by atoms with Crippen LogP contribution in [0.4, 0.5) is 5.69 Å². The van der Waals surface area contributed by atoms with Crippen molar-refractivity contribution in [2.45, 2.75) is 6.42 Å². The summed E-state index contributed by atoms with van der Waals surface area (Å²) < 4.78 is 10.9. The Morgan fingerprint density at radius 1 is 1.00 bits per heavy atom. The fourth-order valence-corrected chi connectivity index (χ4v) is 3.23. The van der Waals surface area contributed by atoms with E-state index in [1.807, 2.05) is 36.4 Å². The highest BCUT2D eigenvalue weighted by Gasteiger charge is 2.14. The Morgan fingerprint density at radius 2 is 1.80 bits per heavy atom. The quantitative estimate of drug-likeness (QED) is 0.634. The van der Waals surface area contributed by atoms with E-state index in [1.54, 1.807) is 6.08 Å². The lowest BCUT2D eigenvalue weighted by molar-refractivity contribution is 0.104. The highest BCUT2D eigenvalue weighted by atomic mass is 16.5. The summed E-state index contributed by atoms with van der Waals surface area (Å²) in [6.45, 7) is 4.12. The van der Waals surface area contributed by atoms with Crippen molar-refractivity contribution in [3.63, 3.8) is 0 Å². The first-order valence-corrected chi connectivity index (χ1v) is 8.70. The number of hydrogen-bond donors (Lipinski definition) is 0. The molecule has 2 aromatic rings. The number of morpholine rings is 1. The standard InChI is InChI=1S/C21H21NO3/c23-20(17-4-8-21-18(15-17)9-12-25-21)7-3-16-1-5-19(6-2-16)22-10-13-24-14-11-22/h1-8,15H,9-14H2/b7-3+. The Kier molecular flexibility index (Phi) is 4.53. The van der Waals surface area contributed by atoms with Gasteiger partial charge < -0.3 is 14.4 Å². The fourth-order valence-electron chi connectivity index (χ4n) is 3.23. The van der Waals surface area contributed by atoms with E-state index in [9.17, 15) is 4.79 Å². The molecule has 1 saturated heterocycles. The number of fused-ring (bicyclic) bond motifs is 1. The van der Waals surface area contributed by atoms with Crippen LogP contribution >= 0.6 is 0 Å². The molecule has 0 radical (unpaired) electrons. The van der Waals surface area contributed by atoms with Gasteiger partial charge in [0.2, 0.25) is 0 Å². The molecular formula is C21H21NO3. The second-order valence-electron chi connectivity index (χ2n) is 6.31. The first-order chi connectivity index (χ1) is 12.3. The van der Waals surface area contributed by atoms with Crippen LogP contribution in [-0.2, 0) is 11.2 Å². The summed E-state index contributed by atoms with van der Waals surface area (Å²) in [6, 6.07) is 14.0. The van der Waals surface area contributed by atoms with Crippen molar-refractivity contribution < 1.29 is 14.3 Å². The summed E-state index contributed by atoms with van der Waals surface area (Å²) in [5, 5.41) is 0. The Balaban J connectivity index is 1.43. The summed E-state index contributed by atoms with van der Waals surface area (Å²) in [6.07, 6.45) is 4.39. The van der Waals surface area contributed by atoms with Gasteiger partial charge in [-0.05, 0) is 47.5 Å². The molecule has 0 unspecified atom stereocenters. The van der Waals surface area contributed by atoms with Crippen molar-refractivity contribution in [3.8, 4) is 5.75 Å². The van der Waals surface area contributed by atoms with Crippen LogP contribution in [0, 0.1) is 0 Å². The van der Waals surface area contributed by atoms with Crippen LogP contribution < -0.4 is 9.64 Å². The molecule has 2 heterocycles. The van der Waals surface area contributed by atoms with Gasteiger partial charge in [0, 0.05) is 30.8 Å². The number of allylic oxidation sites excluding steroid dienone is 1. The number of carbonyl (C=O) groups is 1. The zero-order valence-corrected chi connectivity index (χ0v) is 14.1. The molecule has 0 aliphatic carbocycles. The first kappa shape index (κ1) is 15.9. The first-order valence-electron chi connectivity index (χ1n) is 8.70. The molecule has 1 fully saturated rings. The molecule has 4 rings (SSSR count). The van der Waals surface area contributed by atoms with Gasteiger partial charge in [0.1, 0.15) is 5.75 Å². The molecule has 2 aliphatic rings. The predicted molar refractivity (Wildman–Crippen MR) is 98.5 cm³/mol. The minimum atomic E-state index is 0.0203. The van der Waals surface area contributed by atoms with Crippen LogP contribution in [0.3, 0.4) is 0 Å². The number of ether oxygens (including phenoxy) is 2. The summed E-state index contributed by atoms with van der Waals surface area (Å²) in [5.41, 5.74) is 4.06. The number of carbonyl (C=O) groups excluding carboxylic acids is 1. The van der Waals surface area contributed by atoms with Crippen molar-refractivity contribution in [2.24, 2.45) is 0 Å². The van der Waals surface area contributed by atoms with Crippen LogP contribution in [0.1, 0.15) is 21.5 Å². The van der Waals surface area contributed by atoms with Crippen molar-refractivity contribution in [1.82, 2.24) is 0 Å². The number of benzene rings is 2. The van der Waals surface area contributed by atoms with E-state index in [1.165, 1.54) is 5.69 Å². The van der Waals surface area contributed by atoms with Crippen molar-refractivity contribution in [1.29, 1.82) is 0 Å². The van der Waals surface area contributed by atoms with Crippen LogP contribution in [0.25, 0.3) is 6.08 Å². The maximum atomic E-state index is 12.4. The second-order valence-corrected chi connectivity index (χ2v) is 6.31. The topological polar surface area (TPSA) is 38.8 Å². The molecular weight excluding hydrogens is 314 g/mol. The van der Waals surface area contributed by atoms with Gasteiger partial charge in [-0.3, -0.25) is 4.79 Å². The molecule has 0 spiro atoms. The van der Waals surface area contributed by atoms with E-state index in [2.05, 4.69) is 17.0 Å². The van der Waals surface area contributed by atoms with Gasteiger partial charge in [-0.25, -0.2) is 0 Å². The van der Waals surface area contributed by atoms with E-state index in [0.29, 0.717) is 12.2 Å². The highest BCUT2D eigenvalue weighted by molar-refractivity contribution is 6.07. The van der Waals surface area contributed by atoms with E-state index in [0.717, 1.165) is 49.6 Å². The third-order valence-electron chi connectivity index (χ3n) is 4.67.